The van der Waals surface area contributed by atoms with Crippen LogP contribution in [0.1, 0.15) is 19.8 Å². The molecule has 9 heavy (non-hydrogen) atoms. The molecule has 0 N–H and O–H groups in total. The van der Waals surface area contributed by atoms with Gasteiger partial charge in [0.1, 0.15) is 0 Å². The van der Waals surface area contributed by atoms with Crippen molar-refractivity contribution in [2.75, 3.05) is 13.6 Å². The summed E-state index contributed by atoms with van der Waals surface area (Å²) in [4.78, 5) is 2.50. The van der Waals surface area contributed by atoms with Crippen LogP contribution in [0.4, 0.5) is 0 Å². The second kappa shape index (κ2) is 1.72. The van der Waals surface area contributed by atoms with Crippen molar-refractivity contribution in [3.05, 3.63) is 0 Å². The zero-order valence-electron chi connectivity index (χ0n) is 6.30. The van der Waals surface area contributed by atoms with E-state index in [1.54, 1.807) is 0 Å². The lowest BCUT2D eigenvalue weighted by Gasteiger charge is -2.31. The first kappa shape index (κ1) is 5.72. The Balaban J connectivity index is 2.07. The molecule has 0 amide bonds. The van der Waals surface area contributed by atoms with Gasteiger partial charge in [0.25, 0.3) is 0 Å². The third-order valence-electron chi connectivity index (χ3n) is 3.31. The Kier molecular flexibility index (Phi) is 1.10. The minimum Gasteiger partial charge on any atom is -0.303 e. The molecule has 0 aromatic carbocycles. The van der Waals surface area contributed by atoms with Crippen LogP contribution in [0.25, 0.3) is 0 Å². The lowest BCUT2D eigenvalue weighted by Crippen LogP contribution is -2.29. The van der Waals surface area contributed by atoms with Gasteiger partial charge in [0.15, 0.2) is 0 Å². The van der Waals surface area contributed by atoms with Crippen molar-refractivity contribution in [1.82, 2.24) is 4.90 Å². The van der Waals surface area contributed by atoms with Gasteiger partial charge in [0, 0.05) is 12.6 Å². The Morgan fingerprint density at radius 1 is 1.33 bits per heavy atom. The predicted molar refractivity (Wildman–Crippen MR) is 38.3 cm³/mol. The van der Waals surface area contributed by atoms with Gasteiger partial charge in [-0.05, 0) is 38.6 Å². The standard InChI is InChI=1S/C8H15N/c1-6-8-4-3-7(8)5-9(6)2/h6-8H,3-5H2,1-2H3/t6?,7-,8+/m1/s1. The summed E-state index contributed by atoms with van der Waals surface area (Å²) in [6.07, 6.45) is 3.00. The molecular formula is C8H15N. The highest BCUT2D eigenvalue weighted by atomic mass is 15.2. The van der Waals surface area contributed by atoms with Crippen molar-refractivity contribution in [3.63, 3.8) is 0 Å². The number of likely N-dealkylation sites (tertiary alicyclic amines) is 1. The van der Waals surface area contributed by atoms with Crippen molar-refractivity contribution in [1.29, 1.82) is 0 Å². The smallest absolute Gasteiger partial charge is 0.00953 e. The normalized spacial score (nSPS) is 50.7. The zero-order chi connectivity index (χ0) is 6.43. The fourth-order valence-corrected chi connectivity index (χ4v) is 2.32. The lowest BCUT2D eigenvalue weighted by molar-refractivity contribution is 0.205. The fraction of sp³-hybridized carbons (Fsp3) is 1.00. The van der Waals surface area contributed by atoms with E-state index in [2.05, 4.69) is 18.9 Å². The van der Waals surface area contributed by atoms with Crippen LogP contribution in [0.15, 0.2) is 0 Å². The van der Waals surface area contributed by atoms with Crippen LogP contribution >= 0.6 is 0 Å². The van der Waals surface area contributed by atoms with Crippen LogP contribution < -0.4 is 0 Å². The Morgan fingerprint density at radius 2 is 2.11 bits per heavy atom. The topological polar surface area (TPSA) is 3.24 Å². The molecular weight excluding hydrogens is 110 g/mol. The molecule has 0 bridgehead atoms. The molecule has 3 atom stereocenters. The van der Waals surface area contributed by atoms with Gasteiger partial charge in [-0.2, -0.15) is 0 Å². The quantitative estimate of drug-likeness (QED) is 0.472. The highest BCUT2D eigenvalue weighted by molar-refractivity contribution is 4.95. The predicted octanol–water partition coefficient (Wildman–Crippen LogP) is 1.35. The van der Waals surface area contributed by atoms with Crippen LogP contribution in [0.3, 0.4) is 0 Å². The maximum atomic E-state index is 2.50. The van der Waals surface area contributed by atoms with Gasteiger partial charge in [-0.15, -0.1) is 0 Å². The van der Waals surface area contributed by atoms with Gasteiger partial charge < -0.3 is 4.90 Å². The summed E-state index contributed by atoms with van der Waals surface area (Å²) in [7, 11) is 2.25. The number of nitrogens with zero attached hydrogens (tertiary/aromatic N) is 1. The van der Waals surface area contributed by atoms with Crippen LogP contribution in [0, 0.1) is 11.8 Å². The molecule has 0 aromatic rings. The maximum Gasteiger partial charge on any atom is 0.00953 e. The summed E-state index contributed by atoms with van der Waals surface area (Å²) >= 11 is 0. The molecule has 2 aliphatic rings. The summed E-state index contributed by atoms with van der Waals surface area (Å²) in [5.74, 6) is 2.14. The molecule has 1 nitrogen and oxygen atoms in total. The first-order valence-corrected chi connectivity index (χ1v) is 3.99. The summed E-state index contributed by atoms with van der Waals surface area (Å²) < 4.78 is 0. The average molecular weight is 125 g/mol. The van der Waals surface area contributed by atoms with Crippen LogP contribution in [-0.4, -0.2) is 24.5 Å². The molecule has 1 saturated carbocycles. The third-order valence-corrected chi connectivity index (χ3v) is 3.31. The fourth-order valence-electron chi connectivity index (χ4n) is 2.32. The van der Waals surface area contributed by atoms with Gasteiger partial charge >= 0.3 is 0 Å². The van der Waals surface area contributed by atoms with E-state index in [0.29, 0.717) is 0 Å². The minimum absolute atomic E-state index is 0.878. The van der Waals surface area contributed by atoms with Gasteiger partial charge in [-0.3, -0.25) is 0 Å². The monoisotopic (exact) mass is 125 g/mol. The van der Waals surface area contributed by atoms with E-state index < -0.39 is 0 Å². The van der Waals surface area contributed by atoms with Crippen molar-refractivity contribution in [2.45, 2.75) is 25.8 Å². The van der Waals surface area contributed by atoms with Crippen molar-refractivity contribution < 1.29 is 0 Å². The molecule has 2 rings (SSSR count). The molecule has 0 spiro atoms. The van der Waals surface area contributed by atoms with E-state index in [9.17, 15) is 0 Å². The molecule has 1 aliphatic heterocycles. The molecule has 1 aliphatic carbocycles. The van der Waals surface area contributed by atoms with Gasteiger partial charge in [-0.25, -0.2) is 0 Å². The van der Waals surface area contributed by atoms with Gasteiger partial charge in [-0.1, -0.05) is 0 Å². The molecule has 1 heteroatoms. The number of fused-ring (bicyclic) bond motifs is 1. The maximum absolute atomic E-state index is 2.50. The van der Waals surface area contributed by atoms with Crippen LogP contribution in [0.5, 0.6) is 0 Å². The first-order chi connectivity index (χ1) is 4.29. The number of hydrogen-bond donors (Lipinski definition) is 0. The molecule has 2 fully saturated rings. The Morgan fingerprint density at radius 3 is 2.33 bits per heavy atom. The second-order valence-corrected chi connectivity index (χ2v) is 3.68. The third kappa shape index (κ3) is 0.644. The van der Waals surface area contributed by atoms with Crippen LogP contribution in [-0.2, 0) is 0 Å². The SMILES string of the molecule is CC1[C@@H]2CC[C@@H]2CN1C. The molecule has 1 unspecified atom stereocenters. The lowest BCUT2D eigenvalue weighted by atomic mass is 9.73. The number of hydrogen-bond acceptors (Lipinski definition) is 1. The van der Waals surface area contributed by atoms with Crippen molar-refractivity contribution in [2.24, 2.45) is 11.8 Å². The largest absolute Gasteiger partial charge is 0.303 e. The highest BCUT2D eigenvalue weighted by Gasteiger charge is 2.42. The van der Waals surface area contributed by atoms with E-state index in [1.165, 1.54) is 19.4 Å². The van der Waals surface area contributed by atoms with Gasteiger partial charge in [0.05, 0.1) is 0 Å². The second-order valence-electron chi connectivity index (χ2n) is 3.68. The van der Waals surface area contributed by atoms with Crippen LogP contribution in [0.2, 0.25) is 0 Å². The summed E-state index contributed by atoms with van der Waals surface area (Å²) in [5.41, 5.74) is 0. The molecule has 52 valence electrons. The first-order valence-electron chi connectivity index (χ1n) is 3.99. The average Bonchev–Trinajstić information content (AvgIpc) is 1.92. The van der Waals surface area contributed by atoms with E-state index >= 15 is 0 Å². The number of rotatable bonds is 0. The zero-order valence-corrected chi connectivity index (χ0v) is 6.30. The highest BCUT2D eigenvalue weighted by Crippen LogP contribution is 2.43. The van der Waals surface area contributed by atoms with Gasteiger partial charge in [0.2, 0.25) is 0 Å². The Bertz CT molecular complexity index is 118. The Hall–Kier alpha value is -0.0400. The molecule has 0 radical (unpaired) electrons. The summed E-state index contributed by atoms with van der Waals surface area (Å²) in [6, 6.07) is 0.878. The summed E-state index contributed by atoms with van der Waals surface area (Å²) in [5, 5.41) is 0. The molecule has 1 heterocycles. The Labute approximate surface area is 57.0 Å². The van der Waals surface area contributed by atoms with E-state index in [0.717, 1.165) is 17.9 Å². The minimum atomic E-state index is 0.878. The van der Waals surface area contributed by atoms with Crippen molar-refractivity contribution >= 4 is 0 Å². The van der Waals surface area contributed by atoms with Crippen molar-refractivity contribution in [3.8, 4) is 0 Å². The van der Waals surface area contributed by atoms with E-state index in [-0.39, 0.29) is 0 Å². The summed E-state index contributed by atoms with van der Waals surface area (Å²) in [6.45, 7) is 3.73. The molecule has 0 aromatic heterocycles. The van der Waals surface area contributed by atoms with E-state index in [1.807, 2.05) is 0 Å². The molecule has 1 saturated heterocycles. The van der Waals surface area contributed by atoms with E-state index in [4.69, 9.17) is 0 Å².